The summed E-state index contributed by atoms with van der Waals surface area (Å²) in [6.45, 7) is 1.40. The van der Waals surface area contributed by atoms with Crippen molar-refractivity contribution in [1.82, 2.24) is 9.97 Å². The largest absolute Gasteiger partial charge is 0.494 e. The number of pyridine rings is 2. The van der Waals surface area contributed by atoms with E-state index in [2.05, 4.69) is 15.3 Å². The Morgan fingerprint density at radius 3 is 2.70 bits per heavy atom. The first kappa shape index (κ1) is 19.9. The first-order valence-corrected chi connectivity index (χ1v) is 10.2. The quantitative estimate of drug-likeness (QED) is 0.492. The molecule has 0 saturated heterocycles. The minimum absolute atomic E-state index is 0.116. The van der Waals surface area contributed by atoms with Gasteiger partial charge in [-0.3, -0.25) is 9.78 Å². The van der Waals surface area contributed by atoms with Crippen LogP contribution in [0.15, 0.2) is 73.2 Å². The Labute approximate surface area is 176 Å². The van der Waals surface area contributed by atoms with Crippen molar-refractivity contribution in [1.29, 1.82) is 0 Å². The molecule has 2 N–H and O–H groups in total. The second-order valence-electron chi connectivity index (χ2n) is 7.64. The third-order valence-corrected chi connectivity index (χ3v) is 5.62. The number of carbonyl (C=O) groups is 1. The number of aromatic nitrogens is 2. The lowest BCUT2D eigenvalue weighted by molar-refractivity contribution is -0.137. The van der Waals surface area contributed by atoms with E-state index in [4.69, 9.17) is 4.74 Å². The van der Waals surface area contributed by atoms with Crippen LogP contribution < -0.4 is 10.1 Å². The molecule has 0 radical (unpaired) electrons. The Bertz CT molecular complexity index is 964. The lowest BCUT2D eigenvalue weighted by atomic mass is 9.89. The monoisotopic (exact) mass is 403 g/mol. The van der Waals surface area contributed by atoms with Crippen molar-refractivity contribution >= 4 is 11.8 Å². The summed E-state index contributed by atoms with van der Waals surface area (Å²) in [6, 6.07) is 17.7. The maximum Gasteiger partial charge on any atom is 0.304 e. The number of nitrogens with one attached hydrogen (secondary N) is 1. The number of hydrogen-bond acceptors (Lipinski definition) is 5. The van der Waals surface area contributed by atoms with Gasteiger partial charge in [0.1, 0.15) is 11.6 Å². The Morgan fingerprint density at radius 2 is 2.00 bits per heavy atom. The summed E-state index contributed by atoms with van der Waals surface area (Å²) in [5.41, 5.74) is 1.78. The van der Waals surface area contributed by atoms with Crippen LogP contribution in [0.25, 0.3) is 0 Å². The van der Waals surface area contributed by atoms with E-state index < -0.39 is 5.97 Å². The molecule has 0 amide bonds. The molecule has 1 fully saturated rings. The predicted octanol–water partition coefficient (Wildman–Crippen LogP) is 4.26. The Kier molecular flexibility index (Phi) is 5.93. The maximum absolute atomic E-state index is 11.5. The van der Waals surface area contributed by atoms with Gasteiger partial charge in [0.25, 0.3) is 0 Å². The van der Waals surface area contributed by atoms with Crippen molar-refractivity contribution in [2.24, 2.45) is 0 Å². The molecule has 0 bridgehead atoms. The van der Waals surface area contributed by atoms with Crippen LogP contribution in [0.4, 0.5) is 5.82 Å². The van der Waals surface area contributed by atoms with Crippen molar-refractivity contribution in [3.8, 4) is 5.75 Å². The standard InChI is InChI=1S/C24H25N3O3/c28-23(29)16-24(19-5-3-11-25-17-19)15-21(24)18-7-9-20(10-8-18)30-14-4-13-27-22-6-1-2-12-26-22/h1-3,5-12,17,21H,4,13-16H2,(H,26,27)(H,28,29). The summed E-state index contributed by atoms with van der Waals surface area (Å²) in [5.74, 6) is 1.10. The van der Waals surface area contributed by atoms with Crippen LogP contribution in [0, 0.1) is 0 Å². The molecule has 6 nitrogen and oxygen atoms in total. The molecule has 1 aromatic carbocycles. The van der Waals surface area contributed by atoms with Crippen molar-refractivity contribution in [3.05, 3.63) is 84.3 Å². The van der Waals surface area contributed by atoms with Crippen LogP contribution in [-0.2, 0) is 10.2 Å². The Balaban J connectivity index is 1.31. The molecular formula is C24H25N3O3. The van der Waals surface area contributed by atoms with Gasteiger partial charge in [-0.2, -0.15) is 0 Å². The normalized spacial score (nSPS) is 19.8. The minimum Gasteiger partial charge on any atom is -0.494 e. The molecule has 1 aliphatic rings. The second-order valence-corrected chi connectivity index (χ2v) is 7.64. The van der Waals surface area contributed by atoms with Gasteiger partial charge in [0.05, 0.1) is 13.0 Å². The van der Waals surface area contributed by atoms with Gasteiger partial charge in [-0.25, -0.2) is 4.98 Å². The third-order valence-electron chi connectivity index (χ3n) is 5.62. The molecule has 30 heavy (non-hydrogen) atoms. The number of benzene rings is 1. The lowest BCUT2D eigenvalue weighted by Crippen LogP contribution is -2.15. The Hall–Kier alpha value is -3.41. The van der Waals surface area contributed by atoms with E-state index in [0.29, 0.717) is 6.61 Å². The van der Waals surface area contributed by atoms with E-state index in [1.165, 1.54) is 0 Å². The summed E-state index contributed by atoms with van der Waals surface area (Å²) in [7, 11) is 0. The summed E-state index contributed by atoms with van der Waals surface area (Å²) in [6.07, 6.45) is 7.07. The number of carboxylic acid groups (broad SMARTS) is 1. The molecule has 6 heteroatoms. The smallest absolute Gasteiger partial charge is 0.304 e. The van der Waals surface area contributed by atoms with Gasteiger partial charge in [-0.05, 0) is 60.2 Å². The van der Waals surface area contributed by atoms with Gasteiger partial charge >= 0.3 is 5.97 Å². The van der Waals surface area contributed by atoms with Gasteiger partial charge in [-0.15, -0.1) is 0 Å². The average molecular weight is 403 g/mol. The molecule has 154 valence electrons. The zero-order valence-electron chi connectivity index (χ0n) is 16.7. The summed E-state index contributed by atoms with van der Waals surface area (Å²) >= 11 is 0. The molecule has 4 rings (SSSR count). The molecule has 2 aromatic heterocycles. The van der Waals surface area contributed by atoms with E-state index in [1.54, 1.807) is 18.6 Å². The number of anilines is 1. The number of ether oxygens (including phenoxy) is 1. The number of carboxylic acids is 1. The number of rotatable bonds is 10. The van der Waals surface area contributed by atoms with Crippen LogP contribution in [-0.4, -0.2) is 34.2 Å². The van der Waals surface area contributed by atoms with Crippen molar-refractivity contribution < 1.29 is 14.6 Å². The van der Waals surface area contributed by atoms with E-state index in [-0.39, 0.29) is 17.8 Å². The highest BCUT2D eigenvalue weighted by Gasteiger charge is 2.57. The maximum atomic E-state index is 11.5. The van der Waals surface area contributed by atoms with Gasteiger partial charge in [0.2, 0.25) is 0 Å². The van der Waals surface area contributed by atoms with Crippen molar-refractivity contribution in [2.45, 2.75) is 30.6 Å². The zero-order chi connectivity index (χ0) is 20.8. The first-order chi connectivity index (χ1) is 14.7. The summed E-state index contributed by atoms with van der Waals surface area (Å²) < 4.78 is 5.84. The van der Waals surface area contributed by atoms with Crippen LogP contribution in [0.5, 0.6) is 5.75 Å². The van der Waals surface area contributed by atoms with Crippen LogP contribution in [0.2, 0.25) is 0 Å². The molecule has 1 aliphatic carbocycles. The highest BCUT2D eigenvalue weighted by atomic mass is 16.5. The highest BCUT2D eigenvalue weighted by Crippen LogP contribution is 2.62. The molecular weight excluding hydrogens is 378 g/mol. The highest BCUT2D eigenvalue weighted by molar-refractivity contribution is 5.71. The van der Waals surface area contributed by atoms with Crippen molar-refractivity contribution in [3.63, 3.8) is 0 Å². The zero-order valence-corrected chi connectivity index (χ0v) is 16.7. The lowest BCUT2D eigenvalue weighted by Gasteiger charge is -2.16. The minimum atomic E-state index is -0.777. The fourth-order valence-electron chi connectivity index (χ4n) is 4.03. The molecule has 2 unspecified atom stereocenters. The van der Waals surface area contributed by atoms with Crippen LogP contribution in [0.1, 0.15) is 36.3 Å². The number of aliphatic carboxylic acids is 1. The van der Waals surface area contributed by atoms with Gasteiger partial charge < -0.3 is 15.2 Å². The fourth-order valence-corrected chi connectivity index (χ4v) is 4.03. The molecule has 1 saturated carbocycles. The summed E-state index contributed by atoms with van der Waals surface area (Å²) in [5, 5.41) is 12.7. The van der Waals surface area contributed by atoms with Crippen LogP contribution in [0.3, 0.4) is 0 Å². The first-order valence-electron chi connectivity index (χ1n) is 10.2. The van der Waals surface area contributed by atoms with Gasteiger partial charge in [-0.1, -0.05) is 24.3 Å². The van der Waals surface area contributed by atoms with Crippen LogP contribution >= 0.6 is 0 Å². The predicted molar refractivity (Wildman–Crippen MR) is 115 cm³/mol. The molecule has 3 aromatic rings. The molecule has 0 spiro atoms. The number of nitrogens with zero attached hydrogens (tertiary/aromatic N) is 2. The van der Waals surface area contributed by atoms with Gasteiger partial charge in [0.15, 0.2) is 0 Å². The summed E-state index contributed by atoms with van der Waals surface area (Å²) in [4.78, 5) is 19.9. The number of hydrogen-bond donors (Lipinski definition) is 2. The average Bonchev–Trinajstić information content (AvgIpc) is 3.50. The fraction of sp³-hybridized carbons (Fsp3) is 0.292. The Morgan fingerprint density at radius 1 is 1.13 bits per heavy atom. The topological polar surface area (TPSA) is 84.3 Å². The SMILES string of the molecule is O=C(O)CC1(c2cccnc2)CC1c1ccc(OCCCNc2ccccn2)cc1. The van der Waals surface area contributed by atoms with E-state index in [9.17, 15) is 9.90 Å². The molecule has 0 aliphatic heterocycles. The van der Waals surface area contributed by atoms with E-state index in [0.717, 1.165) is 42.1 Å². The third kappa shape index (κ3) is 4.59. The molecule has 2 heterocycles. The van der Waals surface area contributed by atoms with E-state index in [1.807, 2.05) is 54.6 Å². The van der Waals surface area contributed by atoms with E-state index >= 15 is 0 Å². The molecule has 2 atom stereocenters. The van der Waals surface area contributed by atoms with Gasteiger partial charge in [0, 0.05) is 30.6 Å². The second kappa shape index (κ2) is 8.95. The van der Waals surface area contributed by atoms with Crippen molar-refractivity contribution in [2.75, 3.05) is 18.5 Å².